The molecule has 0 aliphatic rings. The van der Waals surface area contributed by atoms with Crippen LogP contribution in [-0.4, -0.2) is 41.9 Å². The fourth-order valence-electron chi connectivity index (χ4n) is 1.24. The van der Waals surface area contributed by atoms with E-state index in [-0.39, 0.29) is 6.03 Å². The van der Waals surface area contributed by atoms with E-state index >= 15 is 0 Å². The van der Waals surface area contributed by atoms with Gasteiger partial charge in [-0.15, -0.1) is 0 Å². The van der Waals surface area contributed by atoms with Crippen LogP contribution in [0.25, 0.3) is 0 Å². The number of hydrogen-bond acceptors (Lipinski definition) is 3. The van der Waals surface area contributed by atoms with Crippen LogP contribution < -0.4 is 15.4 Å². The summed E-state index contributed by atoms with van der Waals surface area (Å²) in [5.74, 6) is 1.22. The average Bonchev–Trinajstić information content (AvgIpc) is 2.36. The Morgan fingerprint density at radius 2 is 1.89 bits per heavy atom. The molecule has 0 saturated heterocycles. The predicted octanol–water partition coefficient (Wildman–Crippen LogP) is 1.51. The van der Waals surface area contributed by atoms with Gasteiger partial charge in [-0.25, -0.2) is 4.79 Å². The number of hydrogen-bond donors (Lipinski definition) is 2. The molecular weight excluding hydrogens is 332 g/mol. The maximum Gasteiger partial charge on any atom is 0.314 e. The van der Waals surface area contributed by atoms with Gasteiger partial charge in [0.05, 0.1) is 6.54 Å². The topological polar surface area (TPSA) is 67.4 Å². The normalized spacial score (nSPS) is 11.7. The van der Waals surface area contributed by atoms with Crippen LogP contribution in [-0.2, 0) is 10.8 Å². The quantitative estimate of drug-likeness (QED) is 0.734. The van der Waals surface area contributed by atoms with E-state index in [4.69, 9.17) is 4.74 Å². The van der Waals surface area contributed by atoms with Gasteiger partial charge < -0.3 is 15.4 Å². The smallest absolute Gasteiger partial charge is 0.314 e. The van der Waals surface area contributed by atoms with Crippen molar-refractivity contribution in [3.8, 4) is 5.75 Å². The van der Waals surface area contributed by atoms with Gasteiger partial charge in [0.15, 0.2) is 0 Å². The third-order valence-corrected chi connectivity index (χ3v) is 3.45. The van der Waals surface area contributed by atoms with Crippen molar-refractivity contribution < 1.29 is 13.7 Å². The SMILES string of the molecule is C[S@@](=O)CCNC(=O)NCCOc1ccc(Br)cc1. The van der Waals surface area contributed by atoms with Crippen molar-refractivity contribution in [3.05, 3.63) is 28.7 Å². The molecule has 5 nitrogen and oxygen atoms in total. The Kier molecular flexibility index (Phi) is 7.50. The summed E-state index contributed by atoms with van der Waals surface area (Å²) in [6.07, 6.45) is 1.60. The first-order valence-corrected chi connectivity index (χ1v) is 8.30. The molecule has 0 aliphatic carbocycles. The molecule has 0 aliphatic heterocycles. The maximum atomic E-state index is 11.3. The Hall–Kier alpha value is -1.08. The fraction of sp³-hybridized carbons (Fsp3) is 0.417. The van der Waals surface area contributed by atoms with E-state index < -0.39 is 10.8 Å². The molecule has 0 unspecified atom stereocenters. The van der Waals surface area contributed by atoms with Gasteiger partial charge in [-0.1, -0.05) is 15.9 Å². The number of urea groups is 1. The van der Waals surface area contributed by atoms with E-state index in [9.17, 15) is 9.00 Å². The first kappa shape index (κ1) is 16.0. The summed E-state index contributed by atoms with van der Waals surface area (Å²) in [6.45, 7) is 1.22. The molecule has 19 heavy (non-hydrogen) atoms. The Labute approximate surface area is 123 Å². The summed E-state index contributed by atoms with van der Waals surface area (Å²) in [6, 6.07) is 7.20. The lowest BCUT2D eigenvalue weighted by Crippen LogP contribution is -2.39. The number of benzene rings is 1. The van der Waals surface area contributed by atoms with Crippen LogP contribution in [0.1, 0.15) is 0 Å². The first-order valence-electron chi connectivity index (χ1n) is 5.78. The van der Waals surface area contributed by atoms with E-state index in [1.807, 2.05) is 24.3 Å². The van der Waals surface area contributed by atoms with Gasteiger partial charge in [0.2, 0.25) is 0 Å². The molecule has 1 atom stereocenters. The zero-order chi connectivity index (χ0) is 14.1. The third-order valence-electron chi connectivity index (χ3n) is 2.15. The van der Waals surface area contributed by atoms with Crippen molar-refractivity contribution in [2.24, 2.45) is 0 Å². The lowest BCUT2D eigenvalue weighted by Gasteiger charge is -2.08. The van der Waals surface area contributed by atoms with Gasteiger partial charge in [-0.3, -0.25) is 4.21 Å². The van der Waals surface area contributed by atoms with Crippen LogP contribution >= 0.6 is 15.9 Å². The average molecular weight is 349 g/mol. The van der Waals surface area contributed by atoms with Crippen LogP contribution in [0.5, 0.6) is 5.75 Å². The lowest BCUT2D eigenvalue weighted by molar-refractivity contribution is 0.237. The van der Waals surface area contributed by atoms with Crippen molar-refractivity contribution in [3.63, 3.8) is 0 Å². The van der Waals surface area contributed by atoms with Crippen LogP contribution in [0, 0.1) is 0 Å². The Bertz CT molecular complexity index is 425. The highest BCUT2D eigenvalue weighted by molar-refractivity contribution is 9.10. The van der Waals surface area contributed by atoms with Crippen molar-refractivity contribution in [1.82, 2.24) is 10.6 Å². The number of nitrogens with one attached hydrogen (secondary N) is 2. The molecule has 1 aromatic carbocycles. The third kappa shape index (κ3) is 7.84. The van der Waals surface area contributed by atoms with Gasteiger partial charge in [0, 0.05) is 33.8 Å². The molecule has 0 radical (unpaired) electrons. The molecule has 106 valence electrons. The monoisotopic (exact) mass is 348 g/mol. The second kappa shape index (κ2) is 8.92. The summed E-state index contributed by atoms with van der Waals surface area (Å²) >= 11 is 3.34. The Morgan fingerprint density at radius 1 is 1.26 bits per heavy atom. The maximum absolute atomic E-state index is 11.3. The number of rotatable bonds is 7. The van der Waals surface area contributed by atoms with Crippen molar-refractivity contribution in [2.75, 3.05) is 31.7 Å². The van der Waals surface area contributed by atoms with Gasteiger partial charge in [-0.2, -0.15) is 0 Å². The van der Waals surface area contributed by atoms with Crippen LogP contribution in [0.2, 0.25) is 0 Å². The molecular formula is C12H17BrN2O3S. The summed E-state index contributed by atoms with van der Waals surface area (Å²) in [5.41, 5.74) is 0. The number of carbonyl (C=O) groups excluding carboxylic acids is 1. The molecule has 2 N–H and O–H groups in total. The summed E-state index contributed by atoms with van der Waals surface area (Å²) < 4.78 is 17.2. The zero-order valence-electron chi connectivity index (χ0n) is 10.6. The molecule has 0 fully saturated rings. The van der Waals surface area contributed by atoms with Crippen molar-refractivity contribution >= 4 is 32.8 Å². The minimum absolute atomic E-state index is 0.273. The molecule has 1 rings (SSSR count). The lowest BCUT2D eigenvalue weighted by atomic mass is 10.3. The van der Waals surface area contributed by atoms with E-state index in [1.54, 1.807) is 6.26 Å². The highest BCUT2D eigenvalue weighted by Crippen LogP contribution is 2.15. The van der Waals surface area contributed by atoms with E-state index in [2.05, 4.69) is 26.6 Å². The summed E-state index contributed by atoms with van der Waals surface area (Å²) in [4.78, 5) is 11.3. The number of ether oxygens (including phenoxy) is 1. The summed E-state index contributed by atoms with van der Waals surface area (Å²) in [5, 5.41) is 5.27. The number of amides is 2. The van der Waals surface area contributed by atoms with Gasteiger partial charge in [0.25, 0.3) is 0 Å². The Balaban J connectivity index is 2.08. The Morgan fingerprint density at radius 3 is 2.53 bits per heavy atom. The van der Waals surface area contributed by atoms with Gasteiger partial charge in [-0.05, 0) is 24.3 Å². The summed E-state index contributed by atoms with van der Waals surface area (Å²) in [7, 11) is -0.887. The minimum atomic E-state index is -0.887. The van der Waals surface area contributed by atoms with E-state index in [1.165, 1.54) is 0 Å². The van der Waals surface area contributed by atoms with E-state index in [0.29, 0.717) is 25.4 Å². The zero-order valence-corrected chi connectivity index (χ0v) is 13.1. The van der Waals surface area contributed by atoms with Crippen LogP contribution in [0.3, 0.4) is 0 Å². The van der Waals surface area contributed by atoms with Crippen LogP contribution in [0.4, 0.5) is 4.79 Å². The highest BCUT2D eigenvalue weighted by atomic mass is 79.9. The molecule has 0 heterocycles. The molecule has 1 aromatic rings. The second-order valence-corrected chi connectivity index (χ2v) is 6.23. The molecule has 0 aromatic heterocycles. The molecule has 2 amide bonds. The molecule has 0 spiro atoms. The molecule has 7 heteroatoms. The molecule has 0 bridgehead atoms. The second-order valence-electron chi connectivity index (χ2n) is 3.76. The van der Waals surface area contributed by atoms with Crippen molar-refractivity contribution in [2.45, 2.75) is 0 Å². The number of carbonyl (C=O) groups is 1. The predicted molar refractivity (Wildman–Crippen MR) is 80.0 cm³/mol. The first-order chi connectivity index (χ1) is 9.08. The highest BCUT2D eigenvalue weighted by Gasteiger charge is 2.00. The fourth-order valence-corrected chi connectivity index (χ4v) is 1.89. The van der Waals surface area contributed by atoms with Crippen molar-refractivity contribution in [1.29, 1.82) is 0 Å². The largest absolute Gasteiger partial charge is 0.492 e. The van der Waals surface area contributed by atoms with Gasteiger partial charge in [0.1, 0.15) is 12.4 Å². The standard InChI is InChI=1S/C12H17BrN2O3S/c1-19(17)9-7-15-12(16)14-6-8-18-11-4-2-10(13)3-5-11/h2-5H,6-9H2,1H3,(H2,14,15,16)/t19-/m1/s1. The minimum Gasteiger partial charge on any atom is -0.492 e. The van der Waals surface area contributed by atoms with Gasteiger partial charge >= 0.3 is 6.03 Å². The molecule has 0 saturated carbocycles. The number of halogens is 1. The van der Waals surface area contributed by atoms with Crippen LogP contribution in [0.15, 0.2) is 28.7 Å². The van der Waals surface area contributed by atoms with E-state index in [0.717, 1.165) is 10.2 Å².